The Morgan fingerprint density at radius 3 is 1.88 bits per heavy atom. The zero-order valence-electron chi connectivity index (χ0n) is 15.5. The van der Waals surface area contributed by atoms with Gasteiger partial charge in [-0.3, -0.25) is 10.0 Å². The number of nitriles is 1. The van der Waals surface area contributed by atoms with Crippen LogP contribution in [0.1, 0.15) is 54.4 Å². The van der Waals surface area contributed by atoms with Crippen molar-refractivity contribution in [3.63, 3.8) is 0 Å². The highest BCUT2D eigenvalue weighted by molar-refractivity contribution is 5.74. The van der Waals surface area contributed by atoms with Crippen LogP contribution in [0.25, 0.3) is 0 Å². The Kier molecular flexibility index (Phi) is 6.94. The molecule has 0 atom stereocenters. The molecule has 26 heavy (non-hydrogen) atoms. The molecule has 1 amide bonds. The normalized spacial score (nSPS) is 11.0. The number of hydroxylamine groups is 1. The van der Waals surface area contributed by atoms with E-state index in [-0.39, 0.29) is 5.91 Å². The van der Waals surface area contributed by atoms with Crippen LogP contribution in [0.4, 0.5) is 0 Å². The standard InChI is InChI=1S/C22H26N2O2/c1-17-7-11-19(12-8-17)22(16-23,20-13-9-18(2)10-14-20)15-5-3-4-6-21(25)24-26/h7-14,26H,3-6,15H2,1-2H3,(H,24,25). The molecule has 0 radical (unpaired) electrons. The second-order valence-corrected chi connectivity index (χ2v) is 6.84. The van der Waals surface area contributed by atoms with Crippen molar-refractivity contribution < 1.29 is 10.0 Å². The number of hydrogen-bond acceptors (Lipinski definition) is 3. The molecule has 0 saturated carbocycles. The second-order valence-electron chi connectivity index (χ2n) is 6.84. The zero-order valence-corrected chi connectivity index (χ0v) is 15.5. The first-order chi connectivity index (χ1) is 12.5. The molecule has 2 aromatic rings. The molecule has 4 nitrogen and oxygen atoms in total. The molecular weight excluding hydrogens is 324 g/mol. The molecule has 2 rings (SSSR count). The van der Waals surface area contributed by atoms with Crippen molar-refractivity contribution in [1.29, 1.82) is 5.26 Å². The average molecular weight is 350 g/mol. The van der Waals surface area contributed by atoms with E-state index in [9.17, 15) is 10.1 Å². The quantitative estimate of drug-likeness (QED) is 0.416. The van der Waals surface area contributed by atoms with E-state index in [1.165, 1.54) is 11.1 Å². The van der Waals surface area contributed by atoms with Crippen molar-refractivity contribution in [2.24, 2.45) is 0 Å². The smallest absolute Gasteiger partial charge is 0.243 e. The molecular formula is C22H26N2O2. The van der Waals surface area contributed by atoms with Crippen LogP contribution in [-0.2, 0) is 10.2 Å². The second kappa shape index (κ2) is 9.17. The fourth-order valence-electron chi connectivity index (χ4n) is 3.22. The molecule has 0 aliphatic carbocycles. The van der Waals surface area contributed by atoms with Gasteiger partial charge in [0.25, 0.3) is 0 Å². The summed E-state index contributed by atoms with van der Waals surface area (Å²) < 4.78 is 0. The monoisotopic (exact) mass is 350 g/mol. The number of aryl methyl sites for hydroxylation is 2. The first-order valence-electron chi connectivity index (χ1n) is 9.00. The lowest BCUT2D eigenvalue weighted by molar-refractivity contribution is -0.129. The Labute approximate surface area is 155 Å². The maximum atomic E-state index is 11.1. The molecule has 0 fully saturated rings. The Bertz CT molecular complexity index is 713. The van der Waals surface area contributed by atoms with Gasteiger partial charge in [-0.05, 0) is 37.8 Å². The lowest BCUT2D eigenvalue weighted by atomic mass is 9.72. The number of carbonyl (C=O) groups is 1. The highest BCUT2D eigenvalue weighted by atomic mass is 16.5. The van der Waals surface area contributed by atoms with E-state index < -0.39 is 5.41 Å². The summed E-state index contributed by atoms with van der Waals surface area (Å²) in [7, 11) is 0. The highest BCUT2D eigenvalue weighted by Crippen LogP contribution is 2.37. The minimum Gasteiger partial charge on any atom is -0.289 e. The largest absolute Gasteiger partial charge is 0.289 e. The van der Waals surface area contributed by atoms with E-state index in [0.29, 0.717) is 19.3 Å². The highest BCUT2D eigenvalue weighted by Gasteiger charge is 2.33. The topological polar surface area (TPSA) is 73.1 Å². The minimum atomic E-state index is -0.694. The van der Waals surface area contributed by atoms with Crippen LogP contribution in [0.2, 0.25) is 0 Å². The zero-order chi connectivity index (χ0) is 19.0. The lowest BCUT2D eigenvalue weighted by Gasteiger charge is -2.28. The number of carbonyl (C=O) groups excluding carboxylic acids is 1. The van der Waals surface area contributed by atoms with E-state index in [2.05, 4.69) is 6.07 Å². The van der Waals surface area contributed by atoms with Crippen LogP contribution in [-0.4, -0.2) is 11.1 Å². The van der Waals surface area contributed by atoms with Gasteiger partial charge in [-0.25, -0.2) is 5.48 Å². The first kappa shape index (κ1) is 19.7. The van der Waals surface area contributed by atoms with Gasteiger partial charge < -0.3 is 0 Å². The van der Waals surface area contributed by atoms with E-state index in [1.807, 2.05) is 62.4 Å². The van der Waals surface area contributed by atoms with Crippen LogP contribution < -0.4 is 5.48 Å². The summed E-state index contributed by atoms with van der Waals surface area (Å²) in [5, 5.41) is 18.7. The van der Waals surface area contributed by atoms with Crippen molar-refractivity contribution >= 4 is 5.91 Å². The van der Waals surface area contributed by atoms with Gasteiger partial charge >= 0.3 is 0 Å². The molecule has 4 heteroatoms. The Morgan fingerprint density at radius 2 is 1.46 bits per heavy atom. The molecule has 2 N–H and O–H groups in total. The SMILES string of the molecule is Cc1ccc(C(C#N)(CCCCCC(=O)NO)c2ccc(C)cc2)cc1. The van der Waals surface area contributed by atoms with Crippen LogP contribution >= 0.6 is 0 Å². The van der Waals surface area contributed by atoms with Gasteiger partial charge in [0.05, 0.1) is 6.07 Å². The number of hydrogen-bond donors (Lipinski definition) is 2. The number of rotatable bonds is 8. The Morgan fingerprint density at radius 1 is 0.962 bits per heavy atom. The number of benzene rings is 2. The van der Waals surface area contributed by atoms with Crippen molar-refractivity contribution in [3.8, 4) is 6.07 Å². The van der Waals surface area contributed by atoms with Crippen LogP contribution in [0.3, 0.4) is 0 Å². The van der Waals surface area contributed by atoms with E-state index in [0.717, 1.165) is 24.0 Å². The fourth-order valence-corrected chi connectivity index (χ4v) is 3.22. The molecule has 0 saturated heterocycles. The molecule has 136 valence electrons. The summed E-state index contributed by atoms with van der Waals surface area (Å²) in [5.41, 5.74) is 5.30. The summed E-state index contributed by atoms with van der Waals surface area (Å²) >= 11 is 0. The predicted molar refractivity (Wildman–Crippen MR) is 102 cm³/mol. The summed E-state index contributed by atoms with van der Waals surface area (Å²) in [6.45, 7) is 4.08. The number of unbranched alkanes of at least 4 members (excludes halogenated alkanes) is 2. The van der Waals surface area contributed by atoms with E-state index >= 15 is 0 Å². The summed E-state index contributed by atoms with van der Waals surface area (Å²) in [6, 6.07) is 18.9. The molecule has 0 unspecified atom stereocenters. The number of amides is 1. The fraction of sp³-hybridized carbons (Fsp3) is 0.364. The molecule has 0 bridgehead atoms. The molecule has 0 spiro atoms. The third-order valence-electron chi connectivity index (χ3n) is 4.86. The summed E-state index contributed by atoms with van der Waals surface area (Å²) in [6.07, 6.45) is 3.33. The van der Waals surface area contributed by atoms with Gasteiger partial charge in [0, 0.05) is 6.42 Å². The molecule has 0 aromatic heterocycles. The molecule has 0 aliphatic heterocycles. The van der Waals surface area contributed by atoms with Crippen molar-refractivity contribution in [1.82, 2.24) is 5.48 Å². The van der Waals surface area contributed by atoms with Gasteiger partial charge in [-0.15, -0.1) is 0 Å². The van der Waals surface area contributed by atoms with E-state index in [4.69, 9.17) is 5.21 Å². The van der Waals surface area contributed by atoms with Crippen molar-refractivity contribution in [3.05, 3.63) is 70.8 Å². The maximum Gasteiger partial charge on any atom is 0.243 e. The summed E-state index contributed by atoms with van der Waals surface area (Å²) in [4.78, 5) is 11.1. The number of nitrogens with zero attached hydrogens (tertiary/aromatic N) is 1. The van der Waals surface area contributed by atoms with Crippen LogP contribution in [0, 0.1) is 25.2 Å². The Balaban J connectivity index is 2.23. The van der Waals surface area contributed by atoms with Crippen molar-refractivity contribution in [2.45, 2.75) is 51.4 Å². The van der Waals surface area contributed by atoms with Gasteiger partial charge in [-0.1, -0.05) is 72.5 Å². The molecule has 0 heterocycles. The first-order valence-corrected chi connectivity index (χ1v) is 9.00. The Hall–Kier alpha value is -2.64. The maximum absolute atomic E-state index is 11.1. The van der Waals surface area contributed by atoms with Gasteiger partial charge in [0.1, 0.15) is 5.41 Å². The van der Waals surface area contributed by atoms with Crippen LogP contribution in [0.15, 0.2) is 48.5 Å². The van der Waals surface area contributed by atoms with Gasteiger partial charge in [0.15, 0.2) is 0 Å². The van der Waals surface area contributed by atoms with E-state index in [1.54, 1.807) is 5.48 Å². The van der Waals surface area contributed by atoms with Gasteiger partial charge in [0.2, 0.25) is 5.91 Å². The molecule has 2 aromatic carbocycles. The lowest BCUT2D eigenvalue weighted by Crippen LogP contribution is -2.26. The minimum absolute atomic E-state index is 0.297. The third-order valence-corrected chi connectivity index (χ3v) is 4.86. The predicted octanol–water partition coefficient (Wildman–Crippen LogP) is 4.57. The van der Waals surface area contributed by atoms with Crippen LogP contribution in [0.5, 0.6) is 0 Å². The summed E-state index contributed by atoms with van der Waals surface area (Å²) in [5.74, 6) is -0.367. The van der Waals surface area contributed by atoms with Crippen molar-refractivity contribution in [2.75, 3.05) is 0 Å². The molecule has 0 aliphatic rings. The van der Waals surface area contributed by atoms with Gasteiger partial charge in [-0.2, -0.15) is 5.26 Å². The third kappa shape index (κ3) is 4.71. The average Bonchev–Trinajstić information content (AvgIpc) is 2.66. The number of nitrogens with one attached hydrogen (secondary N) is 1.